The van der Waals surface area contributed by atoms with Crippen molar-refractivity contribution in [2.75, 3.05) is 13.6 Å². The van der Waals surface area contributed by atoms with Gasteiger partial charge in [0.25, 0.3) is 0 Å². The van der Waals surface area contributed by atoms with Gasteiger partial charge in [-0.15, -0.1) is 0 Å². The molecule has 0 fully saturated rings. The highest BCUT2D eigenvalue weighted by Crippen LogP contribution is 2.36. The van der Waals surface area contributed by atoms with Crippen molar-refractivity contribution in [3.63, 3.8) is 0 Å². The number of hydrogen-bond donors (Lipinski definition) is 7. The molecule has 376 valence electrons. The maximum atomic E-state index is 10.9. The number of ether oxygens (including phenoxy) is 1. The van der Waals surface area contributed by atoms with Crippen molar-refractivity contribution in [2.24, 2.45) is 0 Å². The lowest BCUT2D eigenvalue weighted by atomic mass is 9.94. The molecule has 0 bridgehead atoms. The number of benzene rings is 6. The average molecular weight is 947 g/mol. The molecule has 0 heterocycles. The zero-order valence-electron chi connectivity index (χ0n) is 39.6. The van der Waals surface area contributed by atoms with E-state index in [1.807, 2.05) is 66.7 Å². The molecular weight excluding hydrogens is 865 g/mol. The number of aromatic hydroxyl groups is 5. The summed E-state index contributed by atoms with van der Waals surface area (Å²) in [4.78, 5) is 21.4. The van der Waals surface area contributed by atoms with Crippen LogP contribution >= 0.6 is 0 Å². The van der Waals surface area contributed by atoms with E-state index in [2.05, 4.69) is 50.5 Å². The Morgan fingerprint density at radius 2 is 0.928 bits per heavy atom. The fraction of sp³-hybridized carbons (Fsp3) is 0.356. The SMILES string of the molecule is C.C.C.CC(=O)NCCc1ccc(O)cc1.CCCc1ccc(O)c(-c2cc(O)ccc2CCC)c1.CCCc1ccc(Oc2cc(CCC)ccc2O)cc1.CNC(=O)CCc1ccc(O)cc1. The van der Waals surface area contributed by atoms with Gasteiger partial charge in [0.15, 0.2) is 11.5 Å². The molecule has 0 spiro atoms. The minimum absolute atomic E-state index is 0. The molecule has 7 N–H and O–H groups in total. The predicted octanol–water partition coefficient (Wildman–Crippen LogP) is 13.8. The quantitative estimate of drug-likeness (QED) is 0.0474. The van der Waals surface area contributed by atoms with Crippen molar-refractivity contribution in [3.8, 4) is 51.4 Å². The highest BCUT2D eigenvalue weighted by atomic mass is 16.5. The molecule has 0 aromatic heterocycles. The fourth-order valence-electron chi connectivity index (χ4n) is 6.86. The van der Waals surface area contributed by atoms with Gasteiger partial charge in [0.2, 0.25) is 11.8 Å². The van der Waals surface area contributed by atoms with Crippen LogP contribution in [-0.4, -0.2) is 50.9 Å². The molecule has 69 heavy (non-hydrogen) atoms. The normalized spacial score (nSPS) is 9.77. The van der Waals surface area contributed by atoms with E-state index < -0.39 is 0 Å². The molecule has 0 aliphatic heterocycles. The van der Waals surface area contributed by atoms with Crippen molar-refractivity contribution < 1.29 is 39.9 Å². The first-order valence-electron chi connectivity index (χ1n) is 23.0. The van der Waals surface area contributed by atoms with Gasteiger partial charge < -0.3 is 40.9 Å². The molecule has 0 radical (unpaired) electrons. The van der Waals surface area contributed by atoms with Crippen LogP contribution in [0.15, 0.2) is 127 Å². The lowest BCUT2D eigenvalue weighted by molar-refractivity contribution is -0.120. The Morgan fingerprint density at radius 3 is 1.45 bits per heavy atom. The Kier molecular flexibility index (Phi) is 30.9. The topological polar surface area (TPSA) is 169 Å². The number of hydrogen-bond acceptors (Lipinski definition) is 8. The summed E-state index contributed by atoms with van der Waals surface area (Å²) in [5.41, 5.74) is 8.78. The van der Waals surface area contributed by atoms with Crippen LogP contribution in [0.4, 0.5) is 0 Å². The number of amides is 2. The molecule has 6 aromatic carbocycles. The molecule has 6 rings (SSSR count). The lowest BCUT2D eigenvalue weighted by Crippen LogP contribution is -2.22. The number of carbonyl (C=O) groups is 2. The molecule has 10 nitrogen and oxygen atoms in total. The molecule has 0 saturated carbocycles. The van der Waals surface area contributed by atoms with E-state index in [-0.39, 0.29) is 62.8 Å². The van der Waals surface area contributed by atoms with Crippen LogP contribution in [0.3, 0.4) is 0 Å². The number of carbonyl (C=O) groups excluding carboxylic acids is 2. The third-order valence-electron chi connectivity index (χ3n) is 10.3. The smallest absolute Gasteiger partial charge is 0.220 e. The second kappa shape index (κ2) is 34.4. The summed E-state index contributed by atoms with van der Waals surface area (Å²) in [6, 6.07) is 38.6. The number of nitrogens with one attached hydrogen (secondary N) is 2. The molecular formula is C59H82N2O8. The zero-order chi connectivity index (χ0) is 48.3. The van der Waals surface area contributed by atoms with Crippen molar-refractivity contribution in [2.45, 2.75) is 128 Å². The van der Waals surface area contributed by atoms with Gasteiger partial charge in [-0.3, -0.25) is 9.59 Å². The first kappa shape index (κ1) is 62.1. The monoisotopic (exact) mass is 947 g/mol. The fourth-order valence-corrected chi connectivity index (χ4v) is 6.86. The lowest BCUT2D eigenvalue weighted by Gasteiger charge is -2.13. The van der Waals surface area contributed by atoms with Crippen LogP contribution in [-0.2, 0) is 48.1 Å². The summed E-state index contributed by atoms with van der Waals surface area (Å²) in [5.74, 6) is 2.52. The van der Waals surface area contributed by atoms with Crippen LogP contribution in [0.1, 0.15) is 122 Å². The van der Waals surface area contributed by atoms with Gasteiger partial charge in [0.1, 0.15) is 28.7 Å². The Bertz CT molecular complexity index is 2340. The van der Waals surface area contributed by atoms with Gasteiger partial charge in [-0.2, -0.15) is 0 Å². The molecule has 0 atom stereocenters. The molecule has 2 amide bonds. The van der Waals surface area contributed by atoms with Crippen LogP contribution < -0.4 is 15.4 Å². The second-order valence-electron chi connectivity index (χ2n) is 16.0. The average Bonchev–Trinajstić information content (AvgIpc) is 3.30. The van der Waals surface area contributed by atoms with Gasteiger partial charge >= 0.3 is 0 Å². The number of phenols is 5. The number of phenolic OH excluding ortho intramolecular Hbond substituents is 5. The molecule has 10 heteroatoms. The first-order chi connectivity index (χ1) is 31.8. The van der Waals surface area contributed by atoms with Gasteiger partial charge in [-0.1, -0.05) is 130 Å². The van der Waals surface area contributed by atoms with E-state index in [4.69, 9.17) is 14.9 Å². The molecule has 0 aliphatic carbocycles. The van der Waals surface area contributed by atoms with Crippen LogP contribution in [0.25, 0.3) is 11.1 Å². The van der Waals surface area contributed by atoms with E-state index in [0.29, 0.717) is 25.1 Å². The second-order valence-corrected chi connectivity index (χ2v) is 16.0. The summed E-state index contributed by atoms with van der Waals surface area (Å²) in [5, 5.41) is 53.1. The predicted molar refractivity (Wildman–Crippen MR) is 287 cm³/mol. The Labute approximate surface area is 414 Å². The number of aryl methyl sites for hydroxylation is 5. The molecule has 0 aliphatic rings. The third-order valence-corrected chi connectivity index (χ3v) is 10.3. The van der Waals surface area contributed by atoms with Crippen molar-refractivity contribution >= 4 is 11.8 Å². The van der Waals surface area contributed by atoms with Crippen molar-refractivity contribution in [3.05, 3.63) is 161 Å². The molecule has 0 unspecified atom stereocenters. The first-order valence-corrected chi connectivity index (χ1v) is 23.0. The Balaban J connectivity index is 0.000000899. The maximum Gasteiger partial charge on any atom is 0.220 e. The highest BCUT2D eigenvalue weighted by molar-refractivity contribution is 5.76. The van der Waals surface area contributed by atoms with Crippen molar-refractivity contribution in [1.29, 1.82) is 0 Å². The Hall–Kier alpha value is -6.94. The van der Waals surface area contributed by atoms with E-state index in [1.165, 1.54) is 23.6 Å². The van der Waals surface area contributed by atoms with E-state index in [9.17, 15) is 24.9 Å². The summed E-state index contributed by atoms with van der Waals surface area (Å²) in [7, 11) is 1.62. The largest absolute Gasteiger partial charge is 0.508 e. The number of rotatable bonds is 17. The molecule has 0 saturated heterocycles. The van der Waals surface area contributed by atoms with Gasteiger partial charge in [-0.25, -0.2) is 0 Å². The van der Waals surface area contributed by atoms with Crippen LogP contribution in [0.5, 0.6) is 40.2 Å². The van der Waals surface area contributed by atoms with Crippen LogP contribution in [0, 0.1) is 0 Å². The maximum absolute atomic E-state index is 10.9. The summed E-state index contributed by atoms with van der Waals surface area (Å²) >= 11 is 0. The summed E-state index contributed by atoms with van der Waals surface area (Å²) in [6.45, 7) is 10.7. The standard InChI is InChI=1S/2C18H22O2.2C10H13NO2.3CH4/c1-3-5-14-7-10-16(11-8-14)20-18-13-15(6-4-2)9-12-17(18)19;1-3-5-13-7-10-18(20)17(11-13)16-12-15(19)9-8-14(16)6-4-2;1-11-10(13)7-4-8-2-5-9(12)6-3-8;1-8(12)11-7-6-9-2-4-10(13)5-3-9;;;/h7-13,19H,3-6H2,1-2H3;7-12,19-20H,3-6H2,1-2H3;2-3,5-6,12H,4,7H2,1H3,(H,11,13);2-5,13H,6-7H2,1H3,(H,11,12);3*1H4. The van der Waals surface area contributed by atoms with Crippen LogP contribution in [0.2, 0.25) is 0 Å². The minimum atomic E-state index is -0.0150. The van der Waals surface area contributed by atoms with Gasteiger partial charge in [0.05, 0.1) is 0 Å². The summed E-state index contributed by atoms with van der Waals surface area (Å²) < 4.78 is 5.78. The Morgan fingerprint density at radius 1 is 0.478 bits per heavy atom. The third kappa shape index (κ3) is 23.6. The van der Waals surface area contributed by atoms with E-state index >= 15 is 0 Å². The molecule has 6 aromatic rings. The zero-order valence-corrected chi connectivity index (χ0v) is 39.6. The van der Waals surface area contributed by atoms with Crippen molar-refractivity contribution in [1.82, 2.24) is 10.6 Å². The van der Waals surface area contributed by atoms with Gasteiger partial charge in [-0.05, 0) is 150 Å². The van der Waals surface area contributed by atoms with Gasteiger partial charge in [0, 0.05) is 32.5 Å². The van der Waals surface area contributed by atoms with E-state index in [1.54, 1.807) is 55.6 Å². The summed E-state index contributed by atoms with van der Waals surface area (Å²) in [6.07, 6.45) is 10.3. The minimum Gasteiger partial charge on any atom is -0.508 e. The van der Waals surface area contributed by atoms with E-state index in [0.717, 1.165) is 91.4 Å². The highest BCUT2D eigenvalue weighted by Gasteiger charge is 2.12.